The van der Waals surface area contributed by atoms with E-state index in [0.717, 1.165) is 11.1 Å². The van der Waals surface area contributed by atoms with Gasteiger partial charge in [-0.05, 0) is 68.3 Å². The second-order valence-corrected chi connectivity index (χ2v) is 6.51. The van der Waals surface area contributed by atoms with E-state index in [9.17, 15) is 9.59 Å². The van der Waals surface area contributed by atoms with Crippen molar-refractivity contribution in [3.63, 3.8) is 0 Å². The lowest BCUT2D eigenvalue weighted by molar-refractivity contribution is -0.111. The van der Waals surface area contributed by atoms with Gasteiger partial charge in [-0.2, -0.15) is 0 Å². The van der Waals surface area contributed by atoms with Crippen molar-refractivity contribution in [2.24, 2.45) is 0 Å². The first-order chi connectivity index (χ1) is 13.3. The van der Waals surface area contributed by atoms with E-state index >= 15 is 0 Å². The maximum absolute atomic E-state index is 12.2. The number of hydrogen-bond donors (Lipinski definition) is 2. The molecule has 6 nitrogen and oxygen atoms in total. The van der Waals surface area contributed by atoms with Gasteiger partial charge in [0.25, 0.3) is 5.91 Å². The van der Waals surface area contributed by atoms with Crippen LogP contribution in [0.5, 0.6) is 11.5 Å². The van der Waals surface area contributed by atoms with E-state index in [0.29, 0.717) is 22.7 Å². The van der Waals surface area contributed by atoms with Crippen molar-refractivity contribution in [1.29, 1.82) is 0 Å². The van der Waals surface area contributed by atoms with E-state index < -0.39 is 0 Å². The van der Waals surface area contributed by atoms with Crippen LogP contribution in [0, 0.1) is 6.92 Å². The summed E-state index contributed by atoms with van der Waals surface area (Å²) in [5, 5.41) is 5.39. The van der Waals surface area contributed by atoms with Crippen LogP contribution in [0.15, 0.2) is 42.5 Å². The Balaban J connectivity index is 2.08. The summed E-state index contributed by atoms with van der Waals surface area (Å²) in [7, 11) is 3.16. The van der Waals surface area contributed by atoms with Crippen molar-refractivity contribution >= 4 is 23.6 Å². The van der Waals surface area contributed by atoms with E-state index in [1.54, 1.807) is 38.4 Å². The van der Waals surface area contributed by atoms with Crippen LogP contribution in [0.2, 0.25) is 0 Å². The Labute approximate surface area is 165 Å². The molecular formula is C22H26N2O4. The van der Waals surface area contributed by atoms with Gasteiger partial charge in [0.15, 0.2) is 11.5 Å². The molecule has 0 atom stereocenters. The summed E-state index contributed by atoms with van der Waals surface area (Å²) in [5.41, 5.74) is 2.82. The van der Waals surface area contributed by atoms with Crippen LogP contribution in [0.3, 0.4) is 0 Å². The summed E-state index contributed by atoms with van der Waals surface area (Å²) >= 11 is 0. The first kappa shape index (κ1) is 21.0. The predicted octanol–water partition coefficient (Wildman–Crippen LogP) is 3.80. The van der Waals surface area contributed by atoms with Crippen molar-refractivity contribution in [2.75, 3.05) is 19.5 Å². The molecule has 2 aromatic carbocycles. The minimum atomic E-state index is -0.266. The standard InChI is InChI=1S/C22H26N2O4/c1-14(2)28-19-10-6-16(13-20(19)27-5)7-11-21(25)24-18-9-8-17(12-15(18)3)22(26)23-4/h6-14H,1-5H3,(H,23,26)(H,24,25). The van der Waals surface area contributed by atoms with E-state index in [2.05, 4.69) is 10.6 Å². The van der Waals surface area contributed by atoms with Gasteiger partial charge in [-0.1, -0.05) is 6.07 Å². The van der Waals surface area contributed by atoms with Crippen LogP contribution in [-0.4, -0.2) is 32.1 Å². The minimum Gasteiger partial charge on any atom is -0.493 e. The Kier molecular flexibility index (Phi) is 7.21. The SMILES string of the molecule is CNC(=O)c1ccc(NC(=O)C=Cc2ccc(OC(C)C)c(OC)c2)c(C)c1. The highest BCUT2D eigenvalue weighted by atomic mass is 16.5. The second kappa shape index (κ2) is 9.60. The molecule has 0 aromatic heterocycles. The highest BCUT2D eigenvalue weighted by Crippen LogP contribution is 2.29. The van der Waals surface area contributed by atoms with Gasteiger partial charge in [0.1, 0.15) is 0 Å². The molecule has 2 rings (SSSR count). The summed E-state index contributed by atoms with van der Waals surface area (Å²) in [6.45, 7) is 5.73. The number of aryl methyl sites for hydroxylation is 1. The molecule has 2 aromatic rings. The zero-order chi connectivity index (χ0) is 20.7. The quantitative estimate of drug-likeness (QED) is 0.714. The molecule has 148 valence electrons. The number of methoxy groups -OCH3 is 1. The third-order valence-corrected chi connectivity index (χ3v) is 3.95. The number of anilines is 1. The topological polar surface area (TPSA) is 76.7 Å². The molecule has 2 N–H and O–H groups in total. The number of carbonyl (C=O) groups is 2. The summed E-state index contributed by atoms with van der Waals surface area (Å²) in [6.07, 6.45) is 3.19. The molecule has 0 saturated heterocycles. The molecule has 0 radical (unpaired) electrons. The van der Waals surface area contributed by atoms with Gasteiger partial charge in [0.05, 0.1) is 13.2 Å². The van der Waals surface area contributed by atoms with Gasteiger partial charge < -0.3 is 20.1 Å². The Morgan fingerprint density at radius 3 is 2.43 bits per heavy atom. The molecule has 0 bridgehead atoms. The summed E-state index contributed by atoms with van der Waals surface area (Å²) in [5.74, 6) is 0.833. The maximum Gasteiger partial charge on any atom is 0.251 e. The zero-order valence-corrected chi connectivity index (χ0v) is 16.8. The van der Waals surface area contributed by atoms with Crippen molar-refractivity contribution in [1.82, 2.24) is 5.32 Å². The van der Waals surface area contributed by atoms with Gasteiger partial charge in [-0.3, -0.25) is 9.59 Å². The number of amides is 2. The molecule has 2 amide bonds. The van der Waals surface area contributed by atoms with Crippen LogP contribution >= 0.6 is 0 Å². The second-order valence-electron chi connectivity index (χ2n) is 6.51. The molecule has 0 saturated carbocycles. The van der Waals surface area contributed by atoms with E-state index in [1.807, 2.05) is 39.0 Å². The molecule has 0 spiro atoms. The van der Waals surface area contributed by atoms with Crippen LogP contribution in [-0.2, 0) is 4.79 Å². The van der Waals surface area contributed by atoms with E-state index in [4.69, 9.17) is 9.47 Å². The molecule has 6 heteroatoms. The smallest absolute Gasteiger partial charge is 0.251 e. The van der Waals surface area contributed by atoms with Gasteiger partial charge in [0, 0.05) is 24.4 Å². The molecule has 0 heterocycles. The maximum atomic E-state index is 12.2. The minimum absolute atomic E-state index is 0.0408. The molecule has 0 unspecified atom stereocenters. The normalized spacial score (nSPS) is 10.8. The van der Waals surface area contributed by atoms with Gasteiger partial charge in [0.2, 0.25) is 5.91 Å². The van der Waals surface area contributed by atoms with Crippen molar-refractivity contribution in [2.45, 2.75) is 26.9 Å². The monoisotopic (exact) mass is 382 g/mol. The number of rotatable bonds is 7. The lowest BCUT2D eigenvalue weighted by Gasteiger charge is -2.13. The molecule has 0 fully saturated rings. The van der Waals surface area contributed by atoms with Crippen molar-refractivity contribution in [3.05, 3.63) is 59.2 Å². The molecule has 28 heavy (non-hydrogen) atoms. The molecule has 0 aliphatic rings. The highest BCUT2D eigenvalue weighted by molar-refractivity contribution is 6.03. The summed E-state index contributed by atoms with van der Waals surface area (Å²) in [6, 6.07) is 10.6. The van der Waals surface area contributed by atoms with Crippen LogP contribution in [0.25, 0.3) is 6.08 Å². The predicted molar refractivity (Wildman–Crippen MR) is 111 cm³/mol. The number of ether oxygens (including phenoxy) is 2. The van der Waals surface area contributed by atoms with Crippen LogP contribution in [0.1, 0.15) is 35.3 Å². The Hall–Kier alpha value is -3.28. The number of hydrogen-bond acceptors (Lipinski definition) is 4. The Bertz CT molecular complexity index is 888. The fourth-order valence-corrected chi connectivity index (χ4v) is 2.57. The first-order valence-corrected chi connectivity index (χ1v) is 9.00. The first-order valence-electron chi connectivity index (χ1n) is 9.00. The average Bonchev–Trinajstić information content (AvgIpc) is 2.67. The van der Waals surface area contributed by atoms with E-state index in [1.165, 1.54) is 6.08 Å². The fraction of sp³-hybridized carbons (Fsp3) is 0.273. The number of carbonyl (C=O) groups excluding carboxylic acids is 2. The highest BCUT2D eigenvalue weighted by Gasteiger charge is 2.08. The van der Waals surface area contributed by atoms with Crippen molar-refractivity contribution in [3.8, 4) is 11.5 Å². The molecule has 0 aliphatic heterocycles. The molecular weight excluding hydrogens is 356 g/mol. The van der Waals surface area contributed by atoms with Gasteiger partial charge in [-0.25, -0.2) is 0 Å². The van der Waals surface area contributed by atoms with Crippen LogP contribution < -0.4 is 20.1 Å². The van der Waals surface area contributed by atoms with Crippen molar-refractivity contribution < 1.29 is 19.1 Å². The zero-order valence-electron chi connectivity index (χ0n) is 16.8. The third kappa shape index (κ3) is 5.61. The fourth-order valence-electron chi connectivity index (χ4n) is 2.57. The summed E-state index contributed by atoms with van der Waals surface area (Å²) in [4.78, 5) is 23.9. The largest absolute Gasteiger partial charge is 0.493 e. The number of benzene rings is 2. The van der Waals surface area contributed by atoms with Gasteiger partial charge >= 0.3 is 0 Å². The molecule has 0 aliphatic carbocycles. The Morgan fingerprint density at radius 1 is 1.07 bits per heavy atom. The van der Waals surface area contributed by atoms with Gasteiger partial charge in [-0.15, -0.1) is 0 Å². The third-order valence-electron chi connectivity index (χ3n) is 3.95. The number of nitrogens with one attached hydrogen (secondary N) is 2. The summed E-state index contributed by atoms with van der Waals surface area (Å²) < 4.78 is 11.0. The lowest BCUT2D eigenvalue weighted by Crippen LogP contribution is -2.18. The van der Waals surface area contributed by atoms with Crippen LogP contribution in [0.4, 0.5) is 5.69 Å². The lowest BCUT2D eigenvalue weighted by atomic mass is 10.1. The van der Waals surface area contributed by atoms with E-state index in [-0.39, 0.29) is 17.9 Å². The Morgan fingerprint density at radius 2 is 1.82 bits per heavy atom. The average molecular weight is 382 g/mol.